The van der Waals surface area contributed by atoms with Crippen LogP contribution < -0.4 is 5.32 Å². The van der Waals surface area contributed by atoms with Crippen molar-refractivity contribution in [3.8, 4) is 0 Å². The first-order valence-corrected chi connectivity index (χ1v) is 4.89. The SMILES string of the molecule is CC(=O)Nc1ccc([N+](=O)[O-])c2cccnc12. The van der Waals surface area contributed by atoms with Gasteiger partial charge in [0.25, 0.3) is 5.69 Å². The Morgan fingerprint density at radius 2 is 2.18 bits per heavy atom. The van der Waals surface area contributed by atoms with Crippen molar-refractivity contribution in [3.63, 3.8) is 0 Å². The fourth-order valence-corrected chi connectivity index (χ4v) is 1.61. The molecule has 0 aliphatic carbocycles. The van der Waals surface area contributed by atoms with Crippen LogP contribution in [0.4, 0.5) is 11.4 Å². The van der Waals surface area contributed by atoms with Gasteiger partial charge in [-0.1, -0.05) is 0 Å². The van der Waals surface area contributed by atoms with Gasteiger partial charge in [-0.3, -0.25) is 19.9 Å². The Hall–Kier alpha value is -2.50. The highest BCUT2D eigenvalue weighted by Gasteiger charge is 2.15. The van der Waals surface area contributed by atoms with E-state index in [-0.39, 0.29) is 11.6 Å². The summed E-state index contributed by atoms with van der Waals surface area (Å²) in [7, 11) is 0. The van der Waals surface area contributed by atoms with Gasteiger partial charge in [-0.05, 0) is 18.2 Å². The summed E-state index contributed by atoms with van der Waals surface area (Å²) in [6.45, 7) is 1.37. The number of benzene rings is 1. The average Bonchev–Trinajstić information content (AvgIpc) is 2.28. The lowest BCUT2D eigenvalue weighted by Gasteiger charge is -2.06. The molecule has 0 saturated carbocycles. The van der Waals surface area contributed by atoms with Crippen LogP contribution in [0, 0.1) is 10.1 Å². The van der Waals surface area contributed by atoms with Gasteiger partial charge < -0.3 is 5.32 Å². The predicted molar refractivity (Wildman–Crippen MR) is 62.7 cm³/mol. The van der Waals surface area contributed by atoms with Crippen molar-refractivity contribution >= 4 is 28.2 Å². The summed E-state index contributed by atoms with van der Waals surface area (Å²) >= 11 is 0. The Bertz CT molecular complexity index is 610. The molecular weight excluding hydrogens is 222 g/mol. The zero-order chi connectivity index (χ0) is 12.4. The molecule has 1 N–H and O–H groups in total. The minimum absolute atomic E-state index is 0.0257. The van der Waals surface area contributed by atoms with E-state index in [1.54, 1.807) is 12.1 Å². The van der Waals surface area contributed by atoms with Crippen LogP contribution >= 0.6 is 0 Å². The molecule has 6 nitrogen and oxygen atoms in total. The molecule has 0 spiro atoms. The van der Waals surface area contributed by atoms with Crippen molar-refractivity contribution in [2.45, 2.75) is 6.92 Å². The first-order valence-electron chi connectivity index (χ1n) is 4.89. The van der Waals surface area contributed by atoms with E-state index in [0.717, 1.165) is 0 Å². The number of hydrogen-bond acceptors (Lipinski definition) is 4. The second-order valence-corrected chi connectivity index (χ2v) is 3.47. The number of rotatable bonds is 2. The Morgan fingerprint density at radius 3 is 2.82 bits per heavy atom. The topological polar surface area (TPSA) is 85.1 Å². The second kappa shape index (κ2) is 4.17. The largest absolute Gasteiger partial charge is 0.324 e. The zero-order valence-corrected chi connectivity index (χ0v) is 9.01. The Kier molecular flexibility index (Phi) is 2.70. The van der Waals surface area contributed by atoms with Crippen molar-refractivity contribution in [1.29, 1.82) is 0 Å². The number of nitro benzene ring substituents is 1. The van der Waals surface area contributed by atoms with Crippen molar-refractivity contribution < 1.29 is 9.72 Å². The minimum Gasteiger partial charge on any atom is -0.324 e. The molecular formula is C11H9N3O3. The van der Waals surface area contributed by atoms with Gasteiger partial charge in [0.2, 0.25) is 5.91 Å². The van der Waals surface area contributed by atoms with E-state index >= 15 is 0 Å². The van der Waals surface area contributed by atoms with E-state index < -0.39 is 4.92 Å². The number of carbonyl (C=O) groups excluding carboxylic acids is 1. The van der Waals surface area contributed by atoms with Gasteiger partial charge in [0, 0.05) is 19.2 Å². The molecule has 0 aliphatic rings. The maximum Gasteiger partial charge on any atom is 0.278 e. The number of nitrogens with one attached hydrogen (secondary N) is 1. The third-order valence-corrected chi connectivity index (χ3v) is 2.25. The van der Waals surface area contributed by atoms with Crippen LogP contribution in [0.5, 0.6) is 0 Å². The minimum atomic E-state index is -0.471. The molecule has 2 rings (SSSR count). The average molecular weight is 231 g/mol. The summed E-state index contributed by atoms with van der Waals surface area (Å²) in [6.07, 6.45) is 1.53. The lowest BCUT2D eigenvalue weighted by molar-refractivity contribution is -0.383. The molecule has 86 valence electrons. The highest BCUT2D eigenvalue weighted by atomic mass is 16.6. The summed E-state index contributed by atoms with van der Waals surface area (Å²) in [5, 5.41) is 13.8. The van der Waals surface area contributed by atoms with Crippen LogP contribution in [0.2, 0.25) is 0 Å². The van der Waals surface area contributed by atoms with Gasteiger partial charge in [0.1, 0.15) is 5.52 Å². The summed E-state index contributed by atoms with van der Waals surface area (Å²) in [6, 6.07) is 6.06. The first-order chi connectivity index (χ1) is 8.09. The maximum atomic E-state index is 11.0. The number of amides is 1. The Morgan fingerprint density at radius 1 is 1.41 bits per heavy atom. The molecule has 0 bridgehead atoms. The quantitative estimate of drug-likeness (QED) is 0.633. The number of aromatic nitrogens is 1. The van der Waals surface area contributed by atoms with Crippen molar-refractivity contribution in [2.24, 2.45) is 0 Å². The molecule has 0 unspecified atom stereocenters. The number of fused-ring (bicyclic) bond motifs is 1. The second-order valence-electron chi connectivity index (χ2n) is 3.47. The van der Waals surface area contributed by atoms with E-state index in [1.807, 2.05) is 0 Å². The molecule has 1 aromatic carbocycles. The maximum absolute atomic E-state index is 11.0. The summed E-state index contributed by atoms with van der Waals surface area (Å²) < 4.78 is 0. The molecule has 1 heterocycles. The smallest absolute Gasteiger partial charge is 0.278 e. The van der Waals surface area contributed by atoms with E-state index in [2.05, 4.69) is 10.3 Å². The van der Waals surface area contributed by atoms with E-state index in [1.165, 1.54) is 25.3 Å². The van der Waals surface area contributed by atoms with Crippen molar-refractivity contribution in [2.75, 3.05) is 5.32 Å². The zero-order valence-electron chi connectivity index (χ0n) is 9.01. The third-order valence-electron chi connectivity index (χ3n) is 2.25. The summed E-state index contributed by atoms with van der Waals surface area (Å²) in [4.78, 5) is 25.4. The normalized spacial score (nSPS) is 10.2. The van der Waals surface area contributed by atoms with Crippen LogP contribution in [-0.4, -0.2) is 15.8 Å². The molecule has 17 heavy (non-hydrogen) atoms. The highest BCUT2D eigenvalue weighted by Crippen LogP contribution is 2.29. The molecule has 0 saturated heterocycles. The first kappa shape index (κ1) is 11.0. The monoisotopic (exact) mass is 231 g/mol. The van der Waals surface area contributed by atoms with Crippen LogP contribution in [0.1, 0.15) is 6.92 Å². The molecule has 2 aromatic rings. The number of nitrogens with zero attached hydrogens (tertiary/aromatic N) is 2. The van der Waals surface area contributed by atoms with Gasteiger partial charge in [-0.25, -0.2) is 0 Å². The third kappa shape index (κ3) is 2.05. The summed E-state index contributed by atoms with van der Waals surface area (Å²) in [5.41, 5.74) is 0.859. The van der Waals surface area contributed by atoms with Gasteiger partial charge >= 0.3 is 0 Å². The van der Waals surface area contributed by atoms with E-state index in [0.29, 0.717) is 16.6 Å². The van der Waals surface area contributed by atoms with Crippen LogP contribution in [0.25, 0.3) is 10.9 Å². The van der Waals surface area contributed by atoms with Gasteiger partial charge in [0.15, 0.2) is 0 Å². The van der Waals surface area contributed by atoms with E-state index in [4.69, 9.17) is 0 Å². The molecule has 0 radical (unpaired) electrons. The van der Waals surface area contributed by atoms with Crippen molar-refractivity contribution in [1.82, 2.24) is 4.98 Å². The Labute approximate surface area is 96.4 Å². The van der Waals surface area contributed by atoms with Crippen molar-refractivity contribution in [3.05, 3.63) is 40.6 Å². The summed E-state index contributed by atoms with van der Waals surface area (Å²) in [5.74, 6) is -0.245. The molecule has 1 aromatic heterocycles. The number of non-ortho nitro benzene ring substituents is 1. The van der Waals surface area contributed by atoms with Gasteiger partial charge in [-0.15, -0.1) is 0 Å². The lowest BCUT2D eigenvalue weighted by Crippen LogP contribution is -2.07. The Balaban J connectivity index is 2.70. The molecule has 1 amide bonds. The van der Waals surface area contributed by atoms with Gasteiger partial charge in [-0.2, -0.15) is 0 Å². The fraction of sp³-hybridized carbons (Fsp3) is 0.0909. The number of nitro groups is 1. The standard InChI is InChI=1S/C11H9N3O3/c1-7(15)13-9-4-5-10(14(16)17)8-3-2-6-12-11(8)9/h2-6H,1H3,(H,13,15). The molecule has 0 aliphatic heterocycles. The number of carbonyl (C=O) groups is 1. The number of anilines is 1. The van der Waals surface area contributed by atoms with Crippen LogP contribution in [0.15, 0.2) is 30.5 Å². The molecule has 0 fully saturated rings. The number of hydrogen-bond donors (Lipinski definition) is 1. The number of pyridine rings is 1. The molecule has 6 heteroatoms. The van der Waals surface area contributed by atoms with Crippen LogP contribution in [-0.2, 0) is 4.79 Å². The predicted octanol–water partition coefficient (Wildman–Crippen LogP) is 2.10. The van der Waals surface area contributed by atoms with E-state index in [9.17, 15) is 14.9 Å². The van der Waals surface area contributed by atoms with Gasteiger partial charge in [0.05, 0.1) is 16.0 Å². The molecule has 0 atom stereocenters. The lowest BCUT2D eigenvalue weighted by atomic mass is 10.1. The van der Waals surface area contributed by atoms with Crippen LogP contribution in [0.3, 0.4) is 0 Å². The highest BCUT2D eigenvalue weighted by molar-refractivity contribution is 6.02. The fourth-order valence-electron chi connectivity index (χ4n) is 1.61.